The Hall–Kier alpha value is -2.47. The van der Waals surface area contributed by atoms with Crippen molar-refractivity contribution in [3.8, 4) is 11.5 Å². The molecule has 140 valence electrons. The predicted molar refractivity (Wildman–Crippen MR) is 109 cm³/mol. The largest absolute Gasteiger partial charge is 0.457 e. The van der Waals surface area contributed by atoms with Gasteiger partial charge in [0.05, 0.1) is 10.2 Å². The highest BCUT2D eigenvalue weighted by Crippen LogP contribution is 2.33. The molecule has 0 amide bonds. The lowest BCUT2D eigenvalue weighted by Crippen LogP contribution is -2.27. The third-order valence-electron chi connectivity index (χ3n) is 5.18. The highest BCUT2D eigenvalue weighted by atomic mass is 32.1. The Balaban J connectivity index is 1.48. The number of thiazole rings is 1. The summed E-state index contributed by atoms with van der Waals surface area (Å²) in [7, 11) is 0. The van der Waals surface area contributed by atoms with Crippen LogP contribution in [0, 0.1) is 5.92 Å². The second-order valence-electron chi connectivity index (χ2n) is 7.12. The number of hydrogen-bond donors (Lipinski definition) is 1. The van der Waals surface area contributed by atoms with Crippen molar-refractivity contribution >= 4 is 33.0 Å². The molecule has 6 heteroatoms. The van der Waals surface area contributed by atoms with Crippen LogP contribution < -0.4 is 10.1 Å². The first-order valence-electron chi connectivity index (χ1n) is 9.47. The maximum atomic E-state index is 10.9. The van der Waals surface area contributed by atoms with Gasteiger partial charge in [-0.1, -0.05) is 30.6 Å². The van der Waals surface area contributed by atoms with Gasteiger partial charge in [0, 0.05) is 24.4 Å². The smallest absolute Gasteiger partial charge is 0.184 e. The van der Waals surface area contributed by atoms with Gasteiger partial charge in [-0.25, -0.2) is 4.98 Å². The maximum Gasteiger partial charge on any atom is 0.184 e. The van der Waals surface area contributed by atoms with Crippen molar-refractivity contribution in [1.82, 2.24) is 9.97 Å². The number of aldehydes is 1. The van der Waals surface area contributed by atoms with Crippen molar-refractivity contribution in [2.75, 3.05) is 5.32 Å². The third-order valence-corrected chi connectivity index (χ3v) is 6.13. The van der Waals surface area contributed by atoms with Crippen molar-refractivity contribution in [2.45, 2.75) is 45.1 Å². The van der Waals surface area contributed by atoms with E-state index in [2.05, 4.69) is 17.2 Å². The summed E-state index contributed by atoms with van der Waals surface area (Å²) in [5, 5.41) is 4.57. The van der Waals surface area contributed by atoms with Gasteiger partial charge in [-0.2, -0.15) is 0 Å². The van der Waals surface area contributed by atoms with Gasteiger partial charge in [-0.15, -0.1) is 0 Å². The van der Waals surface area contributed by atoms with Gasteiger partial charge in [0.15, 0.2) is 11.4 Å². The molecule has 0 aliphatic heterocycles. The summed E-state index contributed by atoms with van der Waals surface area (Å²) in [5.74, 6) is 2.06. The molecule has 0 saturated heterocycles. The molecule has 2 aromatic heterocycles. The number of hydrogen-bond acceptors (Lipinski definition) is 6. The fourth-order valence-electron chi connectivity index (χ4n) is 3.67. The summed E-state index contributed by atoms with van der Waals surface area (Å²) in [6.45, 7) is 2.27. The fourth-order valence-corrected chi connectivity index (χ4v) is 4.66. The lowest BCUT2D eigenvalue weighted by molar-refractivity contribution is 0.111. The number of benzene rings is 1. The van der Waals surface area contributed by atoms with Gasteiger partial charge in [-0.05, 0) is 43.9 Å². The van der Waals surface area contributed by atoms with E-state index in [0.717, 1.165) is 27.0 Å². The Bertz CT molecular complexity index is 934. The van der Waals surface area contributed by atoms with Gasteiger partial charge in [0.25, 0.3) is 0 Å². The van der Waals surface area contributed by atoms with Gasteiger partial charge < -0.3 is 10.1 Å². The number of carbonyl (C=O) groups excluding carboxylic acids is 1. The molecule has 5 nitrogen and oxygen atoms in total. The van der Waals surface area contributed by atoms with E-state index in [1.807, 2.05) is 18.2 Å². The van der Waals surface area contributed by atoms with Crippen LogP contribution in [0.3, 0.4) is 0 Å². The normalized spacial score (nSPS) is 16.2. The van der Waals surface area contributed by atoms with E-state index >= 15 is 0 Å². The Morgan fingerprint density at radius 3 is 2.81 bits per heavy atom. The van der Waals surface area contributed by atoms with E-state index in [0.29, 0.717) is 23.8 Å². The van der Waals surface area contributed by atoms with Crippen LogP contribution in [0.2, 0.25) is 0 Å². The number of pyridine rings is 1. The molecule has 1 aromatic carbocycles. The summed E-state index contributed by atoms with van der Waals surface area (Å²) in [4.78, 5) is 19.5. The van der Waals surface area contributed by atoms with Crippen molar-refractivity contribution < 1.29 is 9.53 Å². The number of anilines is 1. The number of nitrogens with one attached hydrogen (secondary N) is 1. The van der Waals surface area contributed by atoms with Crippen LogP contribution in [0.1, 0.15) is 49.5 Å². The van der Waals surface area contributed by atoms with Crippen molar-refractivity contribution in [1.29, 1.82) is 0 Å². The first-order valence-corrected chi connectivity index (χ1v) is 10.3. The number of fused-ring (bicyclic) bond motifs is 1. The molecule has 27 heavy (non-hydrogen) atoms. The second kappa shape index (κ2) is 8.05. The zero-order valence-corrected chi connectivity index (χ0v) is 16.2. The van der Waals surface area contributed by atoms with Crippen LogP contribution in [0.4, 0.5) is 5.13 Å². The molecular weight excluding hydrogens is 358 g/mol. The lowest BCUT2D eigenvalue weighted by atomic mass is 9.85. The molecule has 0 bridgehead atoms. The summed E-state index contributed by atoms with van der Waals surface area (Å²) < 4.78 is 6.95. The number of carbonyl (C=O) groups is 1. The SMILES string of the molecule is C[C@H](Nc1nc2ccc(Oc3ccnc(C=O)c3)cc2s1)C1CCCCC1. The molecule has 1 fully saturated rings. The summed E-state index contributed by atoms with van der Waals surface area (Å²) in [6, 6.07) is 9.67. The van der Waals surface area contributed by atoms with Crippen molar-refractivity contribution in [3.63, 3.8) is 0 Å². The average Bonchev–Trinajstić information content (AvgIpc) is 3.10. The zero-order chi connectivity index (χ0) is 18.6. The Kier molecular flexibility index (Phi) is 5.34. The first kappa shape index (κ1) is 17.9. The molecule has 1 saturated carbocycles. The molecule has 2 heterocycles. The van der Waals surface area contributed by atoms with E-state index in [-0.39, 0.29) is 0 Å². The molecule has 1 aliphatic rings. The van der Waals surface area contributed by atoms with E-state index in [1.54, 1.807) is 29.7 Å². The fraction of sp³-hybridized carbons (Fsp3) is 0.381. The van der Waals surface area contributed by atoms with E-state index in [1.165, 1.54) is 32.1 Å². The van der Waals surface area contributed by atoms with Crippen LogP contribution in [0.5, 0.6) is 11.5 Å². The highest BCUT2D eigenvalue weighted by molar-refractivity contribution is 7.22. The van der Waals surface area contributed by atoms with Gasteiger partial charge in [0.2, 0.25) is 0 Å². The molecule has 0 unspecified atom stereocenters. The van der Waals surface area contributed by atoms with Crippen LogP contribution in [-0.2, 0) is 0 Å². The highest BCUT2D eigenvalue weighted by Gasteiger charge is 2.20. The van der Waals surface area contributed by atoms with E-state index in [4.69, 9.17) is 9.72 Å². The molecule has 1 N–H and O–H groups in total. The van der Waals surface area contributed by atoms with Gasteiger partial charge >= 0.3 is 0 Å². The molecule has 3 aromatic rings. The predicted octanol–water partition coefficient (Wildman–Crippen LogP) is 5.68. The molecule has 1 aliphatic carbocycles. The minimum atomic E-state index is 0.356. The van der Waals surface area contributed by atoms with E-state index < -0.39 is 0 Å². The van der Waals surface area contributed by atoms with Gasteiger partial charge in [-0.3, -0.25) is 9.78 Å². The minimum absolute atomic E-state index is 0.356. The van der Waals surface area contributed by atoms with Crippen LogP contribution in [0.25, 0.3) is 10.2 Å². The molecule has 0 radical (unpaired) electrons. The lowest BCUT2D eigenvalue weighted by Gasteiger charge is -2.28. The maximum absolute atomic E-state index is 10.9. The molecule has 1 atom stereocenters. The number of ether oxygens (including phenoxy) is 1. The average molecular weight is 382 g/mol. The summed E-state index contributed by atoms with van der Waals surface area (Å²) in [6.07, 6.45) is 8.97. The number of rotatable bonds is 6. The monoisotopic (exact) mass is 381 g/mol. The topological polar surface area (TPSA) is 64.1 Å². The van der Waals surface area contributed by atoms with Crippen LogP contribution in [-0.4, -0.2) is 22.3 Å². The van der Waals surface area contributed by atoms with E-state index in [9.17, 15) is 4.79 Å². The van der Waals surface area contributed by atoms with Crippen LogP contribution >= 0.6 is 11.3 Å². The van der Waals surface area contributed by atoms with Crippen LogP contribution in [0.15, 0.2) is 36.5 Å². The molecule has 4 rings (SSSR count). The number of nitrogens with zero attached hydrogens (tertiary/aromatic N) is 2. The zero-order valence-electron chi connectivity index (χ0n) is 15.4. The Morgan fingerprint density at radius 2 is 2.00 bits per heavy atom. The summed E-state index contributed by atoms with van der Waals surface area (Å²) in [5.41, 5.74) is 1.32. The summed E-state index contributed by atoms with van der Waals surface area (Å²) >= 11 is 1.65. The molecular formula is C21H23N3O2S. The first-order chi connectivity index (χ1) is 13.2. The van der Waals surface area contributed by atoms with Crippen molar-refractivity contribution in [3.05, 3.63) is 42.2 Å². The van der Waals surface area contributed by atoms with Crippen molar-refractivity contribution in [2.24, 2.45) is 5.92 Å². The second-order valence-corrected chi connectivity index (χ2v) is 8.15. The minimum Gasteiger partial charge on any atom is -0.457 e. The quantitative estimate of drug-likeness (QED) is 0.557. The Labute approximate surface area is 162 Å². The third kappa shape index (κ3) is 4.27. The standard InChI is InChI=1S/C21H23N3O2S/c1-14(15-5-3-2-4-6-15)23-21-24-19-8-7-17(12-20(19)27-21)26-18-9-10-22-16(11-18)13-25/h7-15H,2-6H2,1H3,(H,23,24)/t14-/m0/s1. The molecule has 0 spiro atoms. The Morgan fingerprint density at radius 1 is 1.19 bits per heavy atom. The number of aromatic nitrogens is 2. The van der Waals surface area contributed by atoms with Gasteiger partial charge in [0.1, 0.15) is 17.2 Å².